The summed E-state index contributed by atoms with van der Waals surface area (Å²) in [5.41, 5.74) is 7.49. The molecule has 8 heteroatoms. The molecule has 0 aliphatic carbocycles. The maximum Gasteiger partial charge on any atom is 0.278 e. The lowest BCUT2D eigenvalue weighted by Gasteiger charge is -2.33. The predicted octanol–water partition coefficient (Wildman–Crippen LogP) is 5.40. The zero-order chi connectivity index (χ0) is 25.6. The van der Waals surface area contributed by atoms with Crippen LogP contribution in [0.15, 0.2) is 59.4 Å². The van der Waals surface area contributed by atoms with Crippen LogP contribution in [0.3, 0.4) is 0 Å². The molecule has 0 spiro atoms. The number of likely N-dealkylation sites (tertiary alicyclic amines) is 1. The van der Waals surface area contributed by atoms with E-state index >= 15 is 0 Å². The van der Waals surface area contributed by atoms with Gasteiger partial charge in [-0.15, -0.1) is 0 Å². The lowest BCUT2D eigenvalue weighted by molar-refractivity contribution is 0.213. The van der Waals surface area contributed by atoms with Crippen molar-refractivity contribution < 1.29 is 9.26 Å². The summed E-state index contributed by atoms with van der Waals surface area (Å²) < 4.78 is 13.7. The van der Waals surface area contributed by atoms with Gasteiger partial charge in [0, 0.05) is 17.6 Å². The number of nitrogens with zero attached hydrogens (tertiary/aromatic N) is 6. The molecule has 0 atom stereocenters. The van der Waals surface area contributed by atoms with Crippen LogP contribution in [-0.2, 0) is 13.0 Å². The molecular formula is C30H30N6O2. The Hall–Kier alpha value is -4.04. The van der Waals surface area contributed by atoms with Crippen molar-refractivity contribution >= 4 is 10.9 Å². The standard InChI is InChI=1S/C30H30N6O2/c1-19-9-10-24-23(6-4-7-25(24)32-19)21-11-14-35(15-12-21)16-13-22-5-3-8-26-29(22)37-17-27-28(31-18-36(26)27)30-33-20(2)34-38-30/h3-10,18,21H,11-17H2,1-2H3. The summed E-state index contributed by atoms with van der Waals surface area (Å²) in [6, 6.07) is 17.3. The molecule has 5 heterocycles. The van der Waals surface area contributed by atoms with E-state index in [1.54, 1.807) is 6.92 Å². The smallest absolute Gasteiger partial charge is 0.278 e. The first-order valence-corrected chi connectivity index (χ1v) is 13.3. The Labute approximate surface area is 221 Å². The van der Waals surface area contributed by atoms with Gasteiger partial charge in [-0.1, -0.05) is 35.5 Å². The van der Waals surface area contributed by atoms with Gasteiger partial charge in [0.05, 0.1) is 16.9 Å². The lowest BCUT2D eigenvalue weighted by Crippen LogP contribution is -2.34. The average molecular weight is 507 g/mol. The molecule has 2 aliphatic rings. The van der Waals surface area contributed by atoms with Gasteiger partial charge in [-0.05, 0) is 81.4 Å². The minimum atomic E-state index is 0.422. The third kappa shape index (κ3) is 4.05. The third-order valence-electron chi connectivity index (χ3n) is 7.91. The van der Waals surface area contributed by atoms with E-state index in [0.29, 0.717) is 29.9 Å². The Balaban J connectivity index is 1.04. The number of imidazole rings is 1. The van der Waals surface area contributed by atoms with E-state index in [4.69, 9.17) is 14.2 Å². The molecule has 8 nitrogen and oxygen atoms in total. The van der Waals surface area contributed by atoms with Crippen molar-refractivity contribution in [2.24, 2.45) is 0 Å². The Morgan fingerprint density at radius 3 is 2.68 bits per heavy atom. The van der Waals surface area contributed by atoms with Crippen LogP contribution in [0.25, 0.3) is 28.2 Å². The Morgan fingerprint density at radius 1 is 0.974 bits per heavy atom. The van der Waals surface area contributed by atoms with Crippen LogP contribution < -0.4 is 4.74 Å². The number of aryl methyl sites for hydroxylation is 2. The minimum absolute atomic E-state index is 0.422. The number of piperidine rings is 1. The molecule has 0 unspecified atom stereocenters. The van der Waals surface area contributed by atoms with Crippen molar-refractivity contribution in [3.8, 4) is 23.0 Å². The molecule has 5 aromatic rings. The number of ether oxygens (including phenoxy) is 1. The van der Waals surface area contributed by atoms with Crippen molar-refractivity contribution in [3.05, 3.63) is 83.2 Å². The summed E-state index contributed by atoms with van der Waals surface area (Å²) in [5, 5.41) is 5.21. The van der Waals surface area contributed by atoms with E-state index in [2.05, 4.69) is 80.0 Å². The molecule has 7 rings (SSSR count). The fourth-order valence-electron chi connectivity index (χ4n) is 5.94. The summed E-state index contributed by atoms with van der Waals surface area (Å²) in [7, 11) is 0. The molecular weight excluding hydrogens is 476 g/mol. The van der Waals surface area contributed by atoms with E-state index in [0.717, 1.165) is 54.4 Å². The number of para-hydroxylation sites is 1. The van der Waals surface area contributed by atoms with Crippen LogP contribution in [0.4, 0.5) is 0 Å². The van der Waals surface area contributed by atoms with Crippen molar-refractivity contribution in [3.63, 3.8) is 0 Å². The Kier molecular flexibility index (Phi) is 5.69. The topological polar surface area (TPSA) is 82.1 Å². The van der Waals surface area contributed by atoms with Gasteiger partial charge in [-0.2, -0.15) is 4.98 Å². The first-order valence-electron chi connectivity index (χ1n) is 13.3. The summed E-state index contributed by atoms with van der Waals surface area (Å²) in [6.07, 6.45) is 5.12. The second kappa shape index (κ2) is 9.36. The highest BCUT2D eigenvalue weighted by Gasteiger charge is 2.27. The summed E-state index contributed by atoms with van der Waals surface area (Å²) in [4.78, 5) is 16.2. The molecule has 0 radical (unpaired) electrons. The molecule has 3 aromatic heterocycles. The van der Waals surface area contributed by atoms with Gasteiger partial charge in [0.25, 0.3) is 5.89 Å². The van der Waals surface area contributed by atoms with E-state index < -0.39 is 0 Å². The zero-order valence-corrected chi connectivity index (χ0v) is 21.7. The number of rotatable bonds is 5. The number of pyridine rings is 1. The molecule has 2 aliphatic heterocycles. The van der Waals surface area contributed by atoms with Gasteiger partial charge in [-0.3, -0.25) is 9.55 Å². The van der Waals surface area contributed by atoms with Crippen molar-refractivity contribution in [1.82, 2.24) is 29.6 Å². The number of hydrogen-bond donors (Lipinski definition) is 0. The molecule has 2 aromatic carbocycles. The second-order valence-electron chi connectivity index (χ2n) is 10.3. The van der Waals surface area contributed by atoms with Crippen LogP contribution in [-0.4, -0.2) is 49.2 Å². The average Bonchev–Trinajstić information content (AvgIpc) is 3.58. The summed E-state index contributed by atoms with van der Waals surface area (Å²) in [6.45, 7) is 7.52. The largest absolute Gasteiger partial charge is 0.485 e. The SMILES string of the molecule is Cc1ccc2c(C3CCN(CCc4cccc5c4OCc4c(-c6nc(C)no6)ncn4-5)CC3)cccc2n1. The first-order chi connectivity index (χ1) is 18.6. The third-order valence-corrected chi connectivity index (χ3v) is 7.91. The molecule has 0 bridgehead atoms. The fourth-order valence-corrected chi connectivity index (χ4v) is 5.94. The monoisotopic (exact) mass is 506 g/mol. The highest BCUT2D eigenvalue weighted by atomic mass is 16.5. The van der Waals surface area contributed by atoms with Gasteiger partial charge in [0.15, 0.2) is 11.5 Å². The first kappa shape index (κ1) is 23.1. The number of benzene rings is 2. The van der Waals surface area contributed by atoms with Gasteiger partial charge in [-0.25, -0.2) is 4.98 Å². The number of aromatic nitrogens is 5. The highest BCUT2D eigenvalue weighted by Crippen LogP contribution is 2.37. The molecule has 1 saturated heterocycles. The van der Waals surface area contributed by atoms with Crippen molar-refractivity contribution in [1.29, 1.82) is 0 Å². The Bertz CT molecular complexity index is 1630. The molecule has 0 N–H and O–H groups in total. The van der Waals surface area contributed by atoms with Gasteiger partial charge in [0.1, 0.15) is 18.7 Å². The normalized spacial score (nSPS) is 15.8. The van der Waals surface area contributed by atoms with Crippen LogP contribution in [0.2, 0.25) is 0 Å². The summed E-state index contributed by atoms with van der Waals surface area (Å²) >= 11 is 0. The number of hydrogen-bond acceptors (Lipinski definition) is 7. The Morgan fingerprint density at radius 2 is 1.84 bits per heavy atom. The van der Waals surface area contributed by atoms with Crippen molar-refractivity contribution in [2.75, 3.05) is 19.6 Å². The number of fused-ring (bicyclic) bond motifs is 4. The van der Waals surface area contributed by atoms with Crippen molar-refractivity contribution in [2.45, 2.75) is 45.6 Å². The minimum Gasteiger partial charge on any atom is -0.485 e. The van der Waals surface area contributed by atoms with Gasteiger partial charge in [0.2, 0.25) is 0 Å². The van der Waals surface area contributed by atoms with Gasteiger partial charge >= 0.3 is 0 Å². The second-order valence-corrected chi connectivity index (χ2v) is 10.3. The molecule has 192 valence electrons. The zero-order valence-electron chi connectivity index (χ0n) is 21.7. The van der Waals surface area contributed by atoms with E-state index in [-0.39, 0.29) is 0 Å². The molecule has 38 heavy (non-hydrogen) atoms. The quantitative estimate of drug-likeness (QED) is 0.316. The van der Waals surface area contributed by atoms with Crippen LogP contribution >= 0.6 is 0 Å². The lowest BCUT2D eigenvalue weighted by atomic mass is 9.87. The van der Waals surface area contributed by atoms with Crippen LogP contribution in [0, 0.1) is 13.8 Å². The maximum absolute atomic E-state index is 6.30. The fraction of sp³-hybridized carbons (Fsp3) is 0.333. The van der Waals surface area contributed by atoms with E-state index in [9.17, 15) is 0 Å². The molecule has 1 fully saturated rings. The molecule has 0 saturated carbocycles. The summed E-state index contributed by atoms with van der Waals surface area (Å²) in [5.74, 6) is 2.55. The highest BCUT2D eigenvalue weighted by molar-refractivity contribution is 5.83. The molecule has 0 amide bonds. The van der Waals surface area contributed by atoms with E-state index in [1.807, 2.05) is 6.33 Å². The predicted molar refractivity (Wildman–Crippen MR) is 145 cm³/mol. The van der Waals surface area contributed by atoms with Crippen LogP contribution in [0.5, 0.6) is 5.75 Å². The van der Waals surface area contributed by atoms with E-state index in [1.165, 1.54) is 29.4 Å². The maximum atomic E-state index is 6.30. The van der Waals surface area contributed by atoms with Crippen LogP contribution in [0.1, 0.15) is 47.1 Å². The van der Waals surface area contributed by atoms with Gasteiger partial charge < -0.3 is 14.2 Å².